The first kappa shape index (κ1) is 18.1. The molecular weight excluding hydrogens is 318 g/mol. The fraction of sp³-hybridized carbons (Fsp3) is 0.438. The lowest BCUT2D eigenvalue weighted by Crippen LogP contribution is -2.26. The summed E-state index contributed by atoms with van der Waals surface area (Å²) in [7, 11) is 0. The third-order valence-corrected chi connectivity index (χ3v) is 3.48. The number of carbonyl (C=O) groups is 1. The van der Waals surface area contributed by atoms with Crippen molar-refractivity contribution in [1.82, 2.24) is 0 Å². The van der Waals surface area contributed by atoms with E-state index in [1.54, 1.807) is 13.8 Å². The predicted molar refractivity (Wildman–Crippen MR) is 83.1 cm³/mol. The lowest BCUT2D eigenvalue weighted by atomic mass is 10.0. The normalized spacial score (nSPS) is 20.4. The van der Waals surface area contributed by atoms with Gasteiger partial charge in [0.1, 0.15) is 18.8 Å². The summed E-state index contributed by atoms with van der Waals surface area (Å²) in [4.78, 5) is 22.0. The van der Waals surface area contributed by atoms with Gasteiger partial charge in [0.05, 0.1) is 17.1 Å². The second kappa shape index (κ2) is 7.08. The second-order valence-electron chi connectivity index (χ2n) is 5.83. The van der Waals surface area contributed by atoms with E-state index in [1.165, 1.54) is 24.3 Å². The highest BCUT2D eigenvalue weighted by Gasteiger charge is 2.33. The summed E-state index contributed by atoms with van der Waals surface area (Å²) in [6, 6.07) is 5.20. The quantitative estimate of drug-likeness (QED) is 0.365. The molecule has 24 heavy (non-hydrogen) atoms. The fourth-order valence-electron chi connectivity index (χ4n) is 2.20. The standard InChI is InChI=1S/C16H19NO7/c1-10(14(18)11-4-6-12(7-5-11)17(20)21)15(19)22-8-13-9-23-16(2,3)24-13/h4-7,13-14,18H,1,8-9H2,2-3H3. The molecule has 0 aromatic heterocycles. The van der Waals surface area contributed by atoms with Gasteiger partial charge in [0.15, 0.2) is 5.79 Å². The van der Waals surface area contributed by atoms with Crippen molar-refractivity contribution < 1.29 is 29.0 Å². The van der Waals surface area contributed by atoms with Crippen molar-refractivity contribution in [2.45, 2.75) is 31.8 Å². The zero-order valence-corrected chi connectivity index (χ0v) is 13.4. The van der Waals surface area contributed by atoms with Crippen LogP contribution >= 0.6 is 0 Å². The lowest BCUT2D eigenvalue weighted by Gasteiger charge is -2.18. The fourth-order valence-corrected chi connectivity index (χ4v) is 2.20. The van der Waals surface area contributed by atoms with Gasteiger partial charge in [-0.3, -0.25) is 10.1 Å². The highest BCUT2D eigenvalue weighted by atomic mass is 16.7. The molecule has 0 bridgehead atoms. The minimum Gasteiger partial charge on any atom is -0.459 e. The Bertz CT molecular complexity index is 638. The molecule has 0 amide bonds. The van der Waals surface area contributed by atoms with Gasteiger partial charge < -0.3 is 19.3 Å². The third-order valence-electron chi connectivity index (χ3n) is 3.48. The van der Waals surface area contributed by atoms with Crippen molar-refractivity contribution in [3.63, 3.8) is 0 Å². The molecule has 1 saturated heterocycles. The number of non-ortho nitro benzene ring substituents is 1. The Morgan fingerprint density at radius 3 is 2.62 bits per heavy atom. The maximum absolute atomic E-state index is 12.0. The molecule has 130 valence electrons. The average molecular weight is 337 g/mol. The van der Waals surface area contributed by atoms with Crippen LogP contribution in [-0.2, 0) is 19.0 Å². The molecule has 1 aromatic rings. The molecule has 0 aliphatic carbocycles. The van der Waals surface area contributed by atoms with E-state index in [4.69, 9.17) is 14.2 Å². The van der Waals surface area contributed by atoms with Gasteiger partial charge in [-0.2, -0.15) is 0 Å². The van der Waals surface area contributed by atoms with Gasteiger partial charge in [0.25, 0.3) is 5.69 Å². The SMILES string of the molecule is C=C(C(=O)OCC1COC(C)(C)O1)C(O)c1ccc([N+](=O)[O-])cc1. The minimum absolute atomic E-state index is 0.0196. The van der Waals surface area contributed by atoms with E-state index in [0.29, 0.717) is 12.2 Å². The Labute approximate surface area is 138 Å². The van der Waals surface area contributed by atoms with Crippen molar-refractivity contribution in [3.05, 3.63) is 52.1 Å². The van der Waals surface area contributed by atoms with Crippen LogP contribution in [0.3, 0.4) is 0 Å². The molecule has 1 aliphatic rings. The first-order valence-electron chi connectivity index (χ1n) is 7.30. The van der Waals surface area contributed by atoms with Gasteiger partial charge in [0.2, 0.25) is 0 Å². The van der Waals surface area contributed by atoms with Crippen LogP contribution in [-0.4, -0.2) is 41.1 Å². The molecule has 0 spiro atoms. The molecule has 1 heterocycles. The Kier molecular flexibility index (Phi) is 5.33. The number of ether oxygens (including phenoxy) is 3. The smallest absolute Gasteiger partial charge is 0.336 e. The van der Waals surface area contributed by atoms with Crippen molar-refractivity contribution in [3.8, 4) is 0 Å². The summed E-state index contributed by atoms with van der Waals surface area (Å²) in [6.45, 7) is 7.33. The number of rotatable bonds is 6. The van der Waals surface area contributed by atoms with E-state index in [-0.39, 0.29) is 24.0 Å². The molecule has 8 heteroatoms. The van der Waals surface area contributed by atoms with E-state index in [1.807, 2.05) is 0 Å². The van der Waals surface area contributed by atoms with Crippen molar-refractivity contribution in [2.24, 2.45) is 0 Å². The molecule has 1 fully saturated rings. The molecule has 1 aromatic carbocycles. The minimum atomic E-state index is -1.31. The molecular formula is C16H19NO7. The summed E-state index contributed by atoms with van der Waals surface area (Å²) >= 11 is 0. The van der Waals surface area contributed by atoms with Gasteiger partial charge in [-0.1, -0.05) is 6.58 Å². The highest BCUT2D eigenvalue weighted by Crippen LogP contribution is 2.25. The number of hydrogen-bond donors (Lipinski definition) is 1. The maximum atomic E-state index is 12.0. The third kappa shape index (κ3) is 4.38. The number of carbonyl (C=O) groups excluding carboxylic acids is 1. The molecule has 8 nitrogen and oxygen atoms in total. The molecule has 0 saturated carbocycles. The van der Waals surface area contributed by atoms with Gasteiger partial charge in [-0.25, -0.2) is 4.79 Å². The maximum Gasteiger partial charge on any atom is 0.336 e. The Morgan fingerprint density at radius 2 is 2.12 bits per heavy atom. The lowest BCUT2D eigenvalue weighted by molar-refractivity contribution is -0.384. The Morgan fingerprint density at radius 1 is 1.50 bits per heavy atom. The first-order chi connectivity index (χ1) is 11.2. The van der Waals surface area contributed by atoms with E-state index in [0.717, 1.165) is 0 Å². The molecule has 2 unspecified atom stereocenters. The highest BCUT2D eigenvalue weighted by molar-refractivity contribution is 5.89. The van der Waals surface area contributed by atoms with Crippen LogP contribution in [0.2, 0.25) is 0 Å². The van der Waals surface area contributed by atoms with E-state index >= 15 is 0 Å². The zero-order valence-electron chi connectivity index (χ0n) is 13.4. The molecule has 1 N–H and O–H groups in total. The van der Waals surface area contributed by atoms with Gasteiger partial charge in [0, 0.05) is 12.1 Å². The number of benzene rings is 1. The zero-order chi connectivity index (χ0) is 17.9. The summed E-state index contributed by atoms with van der Waals surface area (Å²) in [6.07, 6.45) is -1.69. The van der Waals surface area contributed by atoms with Gasteiger partial charge >= 0.3 is 5.97 Å². The largest absolute Gasteiger partial charge is 0.459 e. The topological polar surface area (TPSA) is 108 Å². The molecule has 0 radical (unpaired) electrons. The van der Waals surface area contributed by atoms with Crippen LogP contribution in [0.25, 0.3) is 0 Å². The van der Waals surface area contributed by atoms with E-state index < -0.39 is 22.8 Å². The van der Waals surface area contributed by atoms with Crippen LogP contribution in [0.5, 0.6) is 0 Å². The number of nitrogens with zero attached hydrogens (tertiary/aromatic N) is 1. The van der Waals surface area contributed by atoms with Crippen LogP contribution in [0.15, 0.2) is 36.4 Å². The number of esters is 1. The van der Waals surface area contributed by atoms with Crippen LogP contribution < -0.4 is 0 Å². The monoisotopic (exact) mass is 337 g/mol. The molecule has 2 atom stereocenters. The average Bonchev–Trinajstić information content (AvgIpc) is 2.90. The second-order valence-corrected chi connectivity index (χ2v) is 5.83. The van der Waals surface area contributed by atoms with E-state index in [2.05, 4.69) is 6.58 Å². The number of aliphatic hydroxyl groups excluding tert-OH is 1. The van der Waals surface area contributed by atoms with Crippen LogP contribution in [0.1, 0.15) is 25.5 Å². The Balaban J connectivity index is 1.90. The summed E-state index contributed by atoms with van der Waals surface area (Å²) in [5.74, 6) is -1.49. The first-order valence-corrected chi connectivity index (χ1v) is 7.30. The number of hydrogen-bond acceptors (Lipinski definition) is 7. The summed E-state index contributed by atoms with van der Waals surface area (Å²) < 4.78 is 15.9. The van der Waals surface area contributed by atoms with Gasteiger partial charge in [-0.05, 0) is 31.5 Å². The Hall–Kier alpha value is -2.29. The predicted octanol–water partition coefficient (Wildman–Crippen LogP) is 1.88. The van der Waals surface area contributed by atoms with Crippen molar-refractivity contribution in [1.29, 1.82) is 0 Å². The van der Waals surface area contributed by atoms with Crippen molar-refractivity contribution >= 4 is 11.7 Å². The molecule has 1 aliphatic heterocycles. The van der Waals surface area contributed by atoms with E-state index in [9.17, 15) is 20.0 Å². The van der Waals surface area contributed by atoms with Crippen molar-refractivity contribution in [2.75, 3.05) is 13.2 Å². The van der Waals surface area contributed by atoms with Gasteiger partial charge in [-0.15, -0.1) is 0 Å². The number of aliphatic hydroxyl groups is 1. The number of nitro benzene ring substituents is 1. The molecule has 2 rings (SSSR count). The summed E-state index contributed by atoms with van der Waals surface area (Å²) in [5, 5.41) is 20.7. The van der Waals surface area contributed by atoms with Crippen LogP contribution in [0.4, 0.5) is 5.69 Å². The summed E-state index contributed by atoms with van der Waals surface area (Å²) in [5.41, 5.74) is 0.0336. The number of nitro groups is 1. The van der Waals surface area contributed by atoms with Crippen LogP contribution in [0, 0.1) is 10.1 Å².